The van der Waals surface area contributed by atoms with Gasteiger partial charge in [0.1, 0.15) is 6.04 Å². The number of aliphatic hydroxyl groups is 1. The second kappa shape index (κ2) is 8.47. The highest BCUT2D eigenvalue weighted by Crippen LogP contribution is 2.39. The average molecular weight is 422 g/mol. The van der Waals surface area contributed by atoms with Gasteiger partial charge in [-0.3, -0.25) is 14.8 Å². The number of amides is 1. The van der Waals surface area contributed by atoms with Crippen LogP contribution >= 0.6 is 0 Å². The van der Waals surface area contributed by atoms with E-state index in [2.05, 4.69) is 20.6 Å². The number of hydrogen-bond donors (Lipinski definition) is 3. The lowest BCUT2D eigenvalue weighted by Crippen LogP contribution is -2.51. The Balaban J connectivity index is 1.32. The minimum atomic E-state index is -4.48. The largest absolute Gasteiger partial charge is 0.406 e. The van der Waals surface area contributed by atoms with Crippen LogP contribution in [0.3, 0.4) is 0 Å². The summed E-state index contributed by atoms with van der Waals surface area (Å²) in [4.78, 5) is 21.5. The van der Waals surface area contributed by atoms with Crippen LogP contribution in [-0.4, -0.2) is 51.9 Å². The molecule has 3 N–H and O–H groups in total. The van der Waals surface area contributed by atoms with Gasteiger partial charge in [-0.15, -0.1) is 0 Å². The first-order valence-corrected chi connectivity index (χ1v) is 10.3. The third kappa shape index (κ3) is 4.89. The molecule has 0 unspecified atom stereocenters. The zero-order chi connectivity index (χ0) is 21.3. The third-order valence-electron chi connectivity index (χ3n) is 5.92. The predicted octanol–water partition coefficient (Wildman–Crippen LogP) is 3.06. The van der Waals surface area contributed by atoms with Crippen LogP contribution < -0.4 is 10.6 Å². The molecule has 6 nitrogen and oxygen atoms in total. The molecule has 0 aliphatic heterocycles. The van der Waals surface area contributed by atoms with Crippen molar-refractivity contribution in [3.8, 4) is 0 Å². The Bertz CT molecular complexity index is 909. The van der Waals surface area contributed by atoms with E-state index in [-0.39, 0.29) is 18.0 Å². The summed E-state index contributed by atoms with van der Waals surface area (Å²) < 4.78 is 38.4. The van der Waals surface area contributed by atoms with Gasteiger partial charge in [-0.2, -0.15) is 13.2 Å². The molecule has 2 aromatic rings. The summed E-state index contributed by atoms with van der Waals surface area (Å²) >= 11 is 0. The Kier molecular flexibility index (Phi) is 5.92. The Morgan fingerprint density at radius 1 is 1.07 bits per heavy atom. The quantitative estimate of drug-likeness (QED) is 0.666. The van der Waals surface area contributed by atoms with Crippen LogP contribution in [0.15, 0.2) is 24.5 Å². The maximum absolute atomic E-state index is 12.8. The second-order valence-corrected chi connectivity index (χ2v) is 8.27. The van der Waals surface area contributed by atoms with Gasteiger partial charge in [-0.05, 0) is 50.7 Å². The van der Waals surface area contributed by atoms with Crippen molar-refractivity contribution in [1.82, 2.24) is 20.6 Å². The summed E-state index contributed by atoms with van der Waals surface area (Å²) in [7, 11) is 0. The monoisotopic (exact) mass is 422 g/mol. The number of carbonyl (C=O) groups is 1. The van der Waals surface area contributed by atoms with E-state index >= 15 is 0 Å². The minimum absolute atomic E-state index is 0.0972. The van der Waals surface area contributed by atoms with E-state index in [1.54, 1.807) is 18.5 Å². The van der Waals surface area contributed by atoms with Gasteiger partial charge in [0.05, 0.1) is 17.7 Å². The average Bonchev–Trinajstić information content (AvgIpc) is 3.57. The fourth-order valence-corrected chi connectivity index (χ4v) is 3.97. The van der Waals surface area contributed by atoms with Crippen LogP contribution in [0.5, 0.6) is 0 Å². The summed E-state index contributed by atoms with van der Waals surface area (Å²) in [6.45, 7) is -0.980. The Hall–Kier alpha value is -2.26. The topological polar surface area (TPSA) is 87.1 Å². The summed E-state index contributed by atoms with van der Waals surface area (Å²) in [5.41, 5.74) is 2.31. The van der Waals surface area contributed by atoms with Crippen LogP contribution in [0.25, 0.3) is 10.9 Å². The zero-order valence-electron chi connectivity index (χ0n) is 16.5. The van der Waals surface area contributed by atoms with Gasteiger partial charge in [-0.25, -0.2) is 0 Å². The molecule has 162 valence electrons. The van der Waals surface area contributed by atoms with Crippen molar-refractivity contribution in [2.45, 2.75) is 68.7 Å². The fourth-order valence-electron chi connectivity index (χ4n) is 3.97. The Labute approximate surface area is 172 Å². The molecule has 0 aromatic carbocycles. The molecule has 1 atom stereocenters. The van der Waals surface area contributed by atoms with E-state index in [0.29, 0.717) is 37.2 Å². The summed E-state index contributed by atoms with van der Waals surface area (Å²) in [5.74, 6) is 0.295. The van der Waals surface area contributed by atoms with E-state index in [1.165, 1.54) is 0 Å². The summed E-state index contributed by atoms with van der Waals surface area (Å²) in [6, 6.07) is 1.41. The molecule has 2 aromatic heterocycles. The zero-order valence-corrected chi connectivity index (χ0v) is 16.5. The van der Waals surface area contributed by atoms with Crippen LogP contribution in [0, 0.1) is 0 Å². The third-order valence-corrected chi connectivity index (χ3v) is 5.92. The van der Waals surface area contributed by atoms with E-state index in [1.807, 2.05) is 6.07 Å². The number of nitrogens with one attached hydrogen (secondary N) is 2. The Morgan fingerprint density at radius 3 is 2.40 bits per heavy atom. The maximum atomic E-state index is 12.8. The van der Waals surface area contributed by atoms with Crippen molar-refractivity contribution < 1.29 is 23.1 Å². The highest BCUT2D eigenvalue weighted by Gasteiger charge is 2.40. The lowest BCUT2D eigenvalue weighted by atomic mass is 9.90. The van der Waals surface area contributed by atoms with Crippen molar-refractivity contribution in [2.75, 3.05) is 6.61 Å². The normalized spacial score (nSPS) is 23.3. The molecule has 30 heavy (non-hydrogen) atoms. The SMILES string of the molecule is O=C(N[C@H]1CC[C@H](N[C@H](CO)C(F)(F)F)CC1)c1cnc2cc(C3CC3)ncc2c1. The molecule has 2 saturated carbocycles. The molecular formula is C21H25F3N4O2. The number of aromatic nitrogens is 2. The molecule has 2 aliphatic rings. The molecule has 2 aliphatic carbocycles. The van der Waals surface area contributed by atoms with Crippen LogP contribution in [0.2, 0.25) is 0 Å². The number of alkyl halides is 3. The lowest BCUT2D eigenvalue weighted by molar-refractivity contribution is -0.166. The molecule has 2 heterocycles. The fraction of sp³-hybridized carbons (Fsp3) is 0.571. The first-order chi connectivity index (χ1) is 14.3. The molecule has 0 saturated heterocycles. The number of halogens is 3. The van der Waals surface area contributed by atoms with Gasteiger partial charge < -0.3 is 15.7 Å². The van der Waals surface area contributed by atoms with Crippen molar-refractivity contribution in [2.24, 2.45) is 0 Å². The van der Waals surface area contributed by atoms with Crippen LogP contribution in [0.4, 0.5) is 13.2 Å². The minimum Gasteiger partial charge on any atom is -0.394 e. The number of fused-ring (bicyclic) bond motifs is 1. The van der Waals surface area contributed by atoms with Gasteiger partial charge in [0.15, 0.2) is 0 Å². The van der Waals surface area contributed by atoms with Gasteiger partial charge in [0.2, 0.25) is 0 Å². The van der Waals surface area contributed by atoms with Crippen LogP contribution in [-0.2, 0) is 0 Å². The number of carbonyl (C=O) groups excluding carboxylic acids is 1. The first kappa shape index (κ1) is 21.0. The van der Waals surface area contributed by atoms with Crippen molar-refractivity contribution in [3.63, 3.8) is 0 Å². The number of nitrogens with zero attached hydrogens (tertiary/aromatic N) is 2. The number of pyridine rings is 2. The molecule has 1 amide bonds. The molecule has 0 bridgehead atoms. The molecule has 4 rings (SSSR count). The highest BCUT2D eigenvalue weighted by atomic mass is 19.4. The van der Waals surface area contributed by atoms with Gasteiger partial charge in [0.25, 0.3) is 5.91 Å². The lowest BCUT2D eigenvalue weighted by Gasteiger charge is -2.32. The predicted molar refractivity (Wildman–Crippen MR) is 105 cm³/mol. The number of hydrogen-bond acceptors (Lipinski definition) is 5. The van der Waals surface area contributed by atoms with Crippen molar-refractivity contribution in [3.05, 3.63) is 35.8 Å². The second-order valence-electron chi connectivity index (χ2n) is 8.27. The molecular weight excluding hydrogens is 397 g/mol. The summed E-state index contributed by atoms with van der Waals surface area (Å²) in [5, 5.41) is 15.2. The first-order valence-electron chi connectivity index (χ1n) is 10.3. The number of rotatable bonds is 6. The van der Waals surface area contributed by atoms with Gasteiger partial charge in [-0.1, -0.05) is 0 Å². The van der Waals surface area contributed by atoms with E-state index in [9.17, 15) is 18.0 Å². The smallest absolute Gasteiger partial charge is 0.394 e. The van der Waals surface area contributed by atoms with E-state index in [0.717, 1.165) is 29.4 Å². The number of aliphatic hydroxyl groups excluding tert-OH is 1. The van der Waals surface area contributed by atoms with Crippen molar-refractivity contribution in [1.29, 1.82) is 0 Å². The van der Waals surface area contributed by atoms with E-state index < -0.39 is 18.8 Å². The molecule has 0 spiro atoms. The van der Waals surface area contributed by atoms with Gasteiger partial charge >= 0.3 is 6.18 Å². The maximum Gasteiger partial charge on any atom is 0.406 e. The molecule has 0 radical (unpaired) electrons. The summed E-state index contributed by atoms with van der Waals surface area (Å²) in [6.07, 6.45) is 3.30. The van der Waals surface area contributed by atoms with Crippen LogP contribution in [0.1, 0.15) is 60.5 Å². The Morgan fingerprint density at radius 2 is 1.77 bits per heavy atom. The van der Waals surface area contributed by atoms with Gasteiger partial charge in [0, 0.05) is 41.5 Å². The molecule has 2 fully saturated rings. The van der Waals surface area contributed by atoms with Crippen molar-refractivity contribution >= 4 is 16.8 Å². The molecule has 9 heteroatoms. The highest BCUT2D eigenvalue weighted by molar-refractivity contribution is 5.97. The van der Waals surface area contributed by atoms with E-state index in [4.69, 9.17) is 5.11 Å². The standard InChI is InChI=1S/C21H25F3N4O2/c22-21(23,24)19(11-29)27-15-3-5-16(6-4-15)28-20(30)14-7-13-9-25-17(12-1-2-12)8-18(13)26-10-14/h7-10,12,15-16,19,27,29H,1-6,11H2,(H,28,30)/t15-,16-,19-/m1/s1.